The first-order valence-electron chi connectivity index (χ1n) is 4.50. The maximum atomic E-state index is 4.46. The van der Waals surface area contributed by atoms with Crippen LogP contribution in [0.5, 0.6) is 0 Å². The van der Waals surface area contributed by atoms with Gasteiger partial charge in [0, 0.05) is 12.3 Å². The molecule has 0 saturated heterocycles. The molecule has 0 radical (unpaired) electrons. The van der Waals surface area contributed by atoms with E-state index in [1.165, 1.54) is 12.8 Å². The van der Waals surface area contributed by atoms with E-state index in [-0.39, 0.29) is 5.41 Å². The minimum Gasteiger partial charge on any atom is -0.294 e. The van der Waals surface area contributed by atoms with Crippen molar-refractivity contribution < 1.29 is 0 Å². The minimum atomic E-state index is 0.238. The van der Waals surface area contributed by atoms with Crippen molar-refractivity contribution in [1.82, 2.24) is 0 Å². The Hall–Kier alpha value is -0.330. The maximum absolute atomic E-state index is 4.46. The Morgan fingerprint density at radius 2 is 1.91 bits per heavy atom. The van der Waals surface area contributed by atoms with Crippen molar-refractivity contribution in [2.24, 2.45) is 10.4 Å². The van der Waals surface area contributed by atoms with Crippen LogP contribution in [-0.2, 0) is 0 Å². The van der Waals surface area contributed by atoms with Crippen molar-refractivity contribution in [3.8, 4) is 0 Å². The van der Waals surface area contributed by atoms with Gasteiger partial charge < -0.3 is 0 Å². The van der Waals surface area contributed by atoms with E-state index in [1.54, 1.807) is 0 Å². The van der Waals surface area contributed by atoms with Gasteiger partial charge in [-0.25, -0.2) is 0 Å². The van der Waals surface area contributed by atoms with Gasteiger partial charge in [-0.1, -0.05) is 34.1 Å². The standard InChI is InChI=1S/C10H21N/c1-6-7-9(2)11-8-10(3,4)5/h8-9H,6-7H2,1-5H3. The monoisotopic (exact) mass is 155 g/mol. The first-order valence-corrected chi connectivity index (χ1v) is 4.50. The average Bonchev–Trinajstić information content (AvgIpc) is 1.83. The summed E-state index contributed by atoms with van der Waals surface area (Å²) in [5, 5.41) is 0. The van der Waals surface area contributed by atoms with Crippen molar-refractivity contribution in [3.05, 3.63) is 0 Å². The molecule has 0 saturated carbocycles. The lowest BCUT2D eigenvalue weighted by atomic mass is 9.99. The van der Waals surface area contributed by atoms with E-state index in [0.717, 1.165) is 0 Å². The number of hydrogen-bond donors (Lipinski definition) is 0. The second-order valence-electron chi connectivity index (χ2n) is 4.28. The van der Waals surface area contributed by atoms with Gasteiger partial charge in [0.1, 0.15) is 0 Å². The van der Waals surface area contributed by atoms with Gasteiger partial charge in [0.05, 0.1) is 0 Å². The SMILES string of the molecule is CCCC(C)N=CC(C)(C)C. The molecule has 0 aromatic rings. The average molecular weight is 155 g/mol. The fourth-order valence-corrected chi connectivity index (χ4v) is 0.843. The lowest BCUT2D eigenvalue weighted by molar-refractivity contribution is 0.587. The highest BCUT2D eigenvalue weighted by Gasteiger charge is 2.05. The van der Waals surface area contributed by atoms with Crippen LogP contribution in [0.2, 0.25) is 0 Å². The van der Waals surface area contributed by atoms with E-state index in [9.17, 15) is 0 Å². The Morgan fingerprint density at radius 1 is 1.36 bits per heavy atom. The first kappa shape index (κ1) is 10.7. The highest BCUT2D eigenvalue weighted by atomic mass is 14.8. The molecule has 1 unspecified atom stereocenters. The van der Waals surface area contributed by atoms with Gasteiger partial charge in [-0.2, -0.15) is 0 Å². The highest BCUT2D eigenvalue weighted by molar-refractivity contribution is 5.64. The lowest BCUT2D eigenvalue weighted by Crippen LogP contribution is -2.09. The number of hydrogen-bond acceptors (Lipinski definition) is 1. The van der Waals surface area contributed by atoms with Gasteiger partial charge in [-0.15, -0.1) is 0 Å². The third-order valence-corrected chi connectivity index (χ3v) is 1.42. The summed E-state index contributed by atoms with van der Waals surface area (Å²) in [6, 6.07) is 0.499. The summed E-state index contributed by atoms with van der Waals surface area (Å²) in [6.45, 7) is 10.9. The zero-order valence-corrected chi connectivity index (χ0v) is 8.52. The Kier molecular flexibility index (Phi) is 4.39. The zero-order valence-electron chi connectivity index (χ0n) is 8.52. The van der Waals surface area contributed by atoms with Gasteiger partial charge in [-0.3, -0.25) is 4.99 Å². The predicted octanol–water partition coefficient (Wildman–Crippen LogP) is 3.29. The Bertz CT molecular complexity index is 119. The van der Waals surface area contributed by atoms with Gasteiger partial charge in [0.25, 0.3) is 0 Å². The van der Waals surface area contributed by atoms with E-state index in [2.05, 4.69) is 45.8 Å². The number of rotatable bonds is 3. The second kappa shape index (κ2) is 4.53. The summed E-state index contributed by atoms with van der Waals surface area (Å²) < 4.78 is 0. The summed E-state index contributed by atoms with van der Waals surface area (Å²) in [5.41, 5.74) is 0.238. The molecule has 0 amide bonds. The fourth-order valence-electron chi connectivity index (χ4n) is 0.843. The molecule has 0 aliphatic rings. The van der Waals surface area contributed by atoms with E-state index < -0.39 is 0 Å². The summed E-state index contributed by atoms with van der Waals surface area (Å²) in [4.78, 5) is 4.46. The molecule has 0 aromatic heterocycles. The molecule has 0 rings (SSSR count). The van der Waals surface area contributed by atoms with Crippen molar-refractivity contribution in [3.63, 3.8) is 0 Å². The van der Waals surface area contributed by atoms with Crippen LogP contribution >= 0.6 is 0 Å². The fraction of sp³-hybridized carbons (Fsp3) is 0.900. The molecule has 0 N–H and O–H groups in total. The van der Waals surface area contributed by atoms with Gasteiger partial charge >= 0.3 is 0 Å². The third kappa shape index (κ3) is 7.57. The van der Waals surface area contributed by atoms with Crippen LogP contribution in [0.25, 0.3) is 0 Å². The maximum Gasteiger partial charge on any atom is 0.0467 e. The zero-order chi connectivity index (χ0) is 8.91. The molecular weight excluding hydrogens is 134 g/mol. The lowest BCUT2D eigenvalue weighted by Gasteiger charge is -2.12. The molecule has 0 bridgehead atoms. The van der Waals surface area contributed by atoms with Crippen molar-refractivity contribution in [1.29, 1.82) is 0 Å². The van der Waals surface area contributed by atoms with Gasteiger partial charge in [0.15, 0.2) is 0 Å². The summed E-state index contributed by atoms with van der Waals surface area (Å²) >= 11 is 0. The largest absolute Gasteiger partial charge is 0.294 e. The van der Waals surface area contributed by atoms with Crippen molar-refractivity contribution in [2.45, 2.75) is 53.5 Å². The molecule has 66 valence electrons. The van der Waals surface area contributed by atoms with Gasteiger partial charge in [0.2, 0.25) is 0 Å². The third-order valence-electron chi connectivity index (χ3n) is 1.42. The van der Waals surface area contributed by atoms with E-state index in [1.807, 2.05) is 0 Å². The van der Waals surface area contributed by atoms with Crippen LogP contribution in [-0.4, -0.2) is 12.3 Å². The molecule has 0 fully saturated rings. The highest BCUT2D eigenvalue weighted by Crippen LogP contribution is 2.10. The number of nitrogens with zero attached hydrogens (tertiary/aromatic N) is 1. The van der Waals surface area contributed by atoms with Crippen LogP contribution in [0, 0.1) is 5.41 Å². The van der Waals surface area contributed by atoms with Gasteiger partial charge in [-0.05, 0) is 18.8 Å². The van der Waals surface area contributed by atoms with E-state index in [0.29, 0.717) is 6.04 Å². The quantitative estimate of drug-likeness (QED) is 0.554. The van der Waals surface area contributed by atoms with Crippen LogP contribution in [0.4, 0.5) is 0 Å². The van der Waals surface area contributed by atoms with Crippen LogP contribution in [0.15, 0.2) is 4.99 Å². The normalized spacial score (nSPS) is 15.7. The van der Waals surface area contributed by atoms with Crippen LogP contribution < -0.4 is 0 Å². The Balaban J connectivity index is 3.73. The molecule has 0 aliphatic carbocycles. The minimum absolute atomic E-state index is 0.238. The van der Waals surface area contributed by atoms with E-state index in [4.69, 9.17) is 0 Å². The first-order chi connectivity index (χ1) is 4.95. The summed E-state index contributed by atoms with van der Waals surface area (Å²) in [7, 11) is 0. The van der Waals surface area contributed by atoms with Crippen molar-refractivity contribution in [2.75, 3.05) is 0 Å². The van der Waals surface area contributed by atoms with Crippen molar-refractivity contribution >= 4 is 6.21 Å². The molecule has 0 spiro atoms. The van der Waals surface area contributed by atoms with Crippen LogP contribution in [0.1, 0.15) is 47.5 Å². The Labute approximate surface area is 70.9 Å². The van der Waals surface area contributed by atoms with E-state index >= 15 is 0 Å². The smallest absolute Gasteiger partial charge is 0.0467 e. The second-order valence-corrected chi connectivity index (χ2v) is 4.28. The summed E-state index contributed by atoms with van der Waals surface area (Å²) in [5.74, 6) is 0. The molecular formula is C10H21N. The molecule has 0 aliphatic heterocycles. The molecule has 11 heavy (non-hydrogen) atoms. The molecule has 0 heterocycles. The van der Waals surface area contributed by atoms with Crippen LogP contribution in [0.3, 0.4) is 0 Å². The summed E-state index contributed by atoms with van der Waals surface area (Å²) in [6.07, 6.45) is 4.49. The molecule has 0 aromatic carbocycles. The predicted molar refractivity (Wildman–Crippen MR) is 52.3 cm³/mol. The molecule has 1 heteroatoms. The number of aliphatic imine (C=N–C) groups is 1. The molecule has 1 atom stereocenters. The topological polar surface area (TPSA) is 12.4 Å². The molecule has 1 nitrogen and oxygen atoms in total. The Morgan fingerprint density at radius 3 is 2.27 bits per heavy atom.